The van der Waals surface area contributed by atoms with E-state index in [4.69, 9.17) is 27.9 Å². The van der Waals surface area contributed by atoms with Gasteiger partial charge in [-0.15, -0.1) is 0 Å². The van der Waals surface area contributed by atoms with Gasteiger partial charge in [-0.1, -0.05) is 41.4 Å². The van der Waals surface area contributed by atoms with E-state index in [-0.39, 0.29) is 17.3 Å². The normalized spacial score (nSPS) is 11.6. The molecule has 0 unspecified atom stereocenters. The summed E-state index contributed by atoms with van der Waals surface area (Å²) < 4.78 is 32.2. The van der Waals surface area contributed by atoms with Crippen molar-refractivity contribution in [3.63, 3.8) is 0 Å². The molecule has 1 heterocycles. The highest BCUT2D eigenvalue weighted by atomic mass is 35.5. The molecule has 0 fully saturated rings. The molecule has 0 aliphatic carbocycles. The average Bonchev–Trinajstić information content (AvgIpc) is 3.22. The first kappa shape index (κ1) is 23.7. The highest BCUT2D eigenvalue weighted by Gasteiger charge is 2.17. The number of benzene rings is 2. The molecular weight excluding hydrogens is 495 g/mol. The van der Waals surface area contributed by atoms with E-state index in [1.165, 1.54) is 6.08 Å². The van der Waals surface area contributed by atoms with Crippen LogP contribution in [0.3, 0.4) is 0 Å². The second kappa shape index (κ2) is 10.1. The molecule has 32 heavy (non-hydrogen) atoms. The van der Waals surface area contributed by atoms with E-state index in [1.54, 1.807) is 42.5 Å². The van der Waals surface area contributed by atoms with E-state index in [1.807, 2.05) is 6.07 Å². The second-order valence-electron chi connectivity index (χ2n) is 6.38. The van der Waals surface area contributed by atoms with Crippen molar-refractivity contribution in [2.45, 2.75) is 11.8 Å². The first-order chi connectivity index (χ1) is 15.2. The topological polar surface area (TPSA) is 122 Å². The van der Waals surface area contributed by atoms with Gasteiger partial charge < -0.3 is 4.74 Å². The van der Waals surface area contributed by atoms with Crippen molar-refractivity contribution < 1.29 is 17.9 Å². The number of nitrogens with one attached hydrogen (secondary N) is 1. The molecule has 0 atom stereocenters. The molecule has 0 saturated carbocycles. The van der Waals surface area contributed by atoms with Gasteiger partial charge in [0, 0.05) is 17.8 Å². The van der Waals surface area contributed by atoms with E-state index < -0.39 is 20.9 Å². The van der Waals surface area contributed by atoms with Crippen LogP contribution in [0.25, 0.3) is 6.08 Å². The number of halogens is 2. The third kappa shape index (κ3) is 6.27. The van der Waals surface area contributed by atoms with Gasteiger partial charge in [-0.3, -0.25) is 10.1 Å². The zero-order chi connectivity index (χ0) is 23.3. The van der Waals surface area contributed by atoms with Gasteiger partial charge in [0.2, 0.25) is 15.0 Å². The van der Waals surface area contributed by atoms with Crippen molar-refractivity contribution in [2.24, 2.45) is 0 Å². The van der Waals surface area contributed by atoms with Gasteiger partial charge in [-0.05, 0) is 41.5 Å². The summed E-state index contributed by atoms with van der Waals surface area (Å²) in [6.07, 6.45) is 2.34. The van der Waals surface area contributed by atoms with Crippen LogP contribution in [0.4, 0.5) is 5.13 Å². The molecule has 3 aromatic rings. The van der Waals surface area contributed by atoms with Gasteiger partial charge in [0.15, 0.2) is 0 Å². The third-order valence-electron chi connectivity index (χ3n) is 3.91. The number of anilines is 1. The zero-order valence-corrected chi connectivity index (χ0v) is 19.5. The maximum absolute atomic E-state index is 12.3. The zero-order valence-electron chi connectivity index (χ0n) is 16.4. The van der Waals surface area contributed by atoms with Crippen molar-refractivity contribution in [2.75, 3.05) is 11.6 Å². The average molecular weight is 509 g/mol. The molecule has 0 radical (unpaired) electrons. The Morgan fingerprint density at radius 2 is 1.94 bits per heavy atom. The SMILES string of the molecule is CS(=O)(=O)c1nsc(NC(=O)C(C#N)=Cc2ccc(OCc3ccc(Cl)c(Cl)c3)cc2)n1. The maximum atomic E-state index is 12.3. The fourth-order valence-electron chi connectivity index (χ4n) is 2.35. The number of hydrogen-bond acceptors (Lipinski definition) is 8. The van der Waals surface area contributed by atoms with Gasteiger partial charge in [0.1, 0.15) is 24.0 Å². The lowest BCUT2D eigenvalue weighted by Crippen LogP contribution is -2.13. The monoisotopic (exact) mass is 508 g/mol. The molecule has 0 spiro atoms. The molecule has 0 saturated heterocycles. The quantitative estimate of drug-likeness (QED) is 0.371. The number of amides is 1. The summed E-state index contributed by atoms with van der Waals surface area (Å²) in [5, 5.41) is 12.2. The van der Waals surface area contributed by atoms with Crippen LogP contribution in [0.5, 0.6) is 5.75 Å². The summed E-state index contributed by atoms with van der Waals surface area (Å²) in [6, 6.07) is 13.8. The Morgan fingerprint density at radius 3 is 2.53 bits per heavy atom. The van der Waals surface area contributed by atoms with Crippen molar-refractivity contribution in [3.8, 4) is 11.8 Å². The Labute approximate surface area is 198 Å². The largest absolute Gasteiger partial charge is 0.489 e. The third-order valence-corrected chi connectivity index (χ3v) is 6.24. The predicted octanol–water partition coefficient (Wildman–Crippen LogP) is 4.37. The molecule has 0 bridgehead atoms. The van der Waals surface area contributed by atoms with E-state index in [0.717, 1.165) is 11.8 Å². The summed E-state index contributed by atoms with van der Waals surface area (Å²) in [5.41, 5.74) is 1.25. The molecule has 0 aliphatic rings. The summed E-state index contributed by atoms with van der Waals surface area (Å²) in [5.74, 6) is -0.151. The lowest BCUT2D eigenvalue weighted by molar-refractivity contribution is -0.112. The summed E-state index contributed by atoms with van der Waals surface area (Å²) in [7, 11) is -3.59. The number of aromatic nitrogens is 2. The van der Waals surface area contributed by atoms with Crippen LogP contribution in [0.1, 0.15) is 11.1 Å². The Morgan fingerprint density at radius 1 is 1.22 bits per heavy atom. The van der Waals surface area contributed by atoms with Crippen LogP contribution in [-0.2, 0) is 21.2 Å². The molecule has 8 nitrogen and oxygen atoms in total. The number of ether oxygens (including phenoxy) is 1. The number of rotatable bonds is 7. The van der Waals surface area contributed by atoms with Crippen molar-refractivity contribution in [3.05, 3.63) is 69.2 Å². The number of nitrogens with zero attached hydrogens (tertiary/aromatic N) is 3. The number of sulfone groups is 1. The standard InChI is InChI=1S/C20H14Cl2N4O4S2/c1-32(28,29)20-25-19(31-26-20)24-18(27)14(10-23)8-12-2-5-15(6-3-12)30-11-13-4-7-16(21)17(22)9-13/h2-9H,11H2,1H3,(H,24,25,26,27). The lowest BCUT2D eigenvalue weighted by atomic mass is 10.1. The number of hydrogen-bond donors (Lipinski definition) is 1. The minimum absolute atomic E-state index is 0.0253. The van der Waals surface area contributed by atoms with E-state index >= 15 is 0 Å². The van der Waals surface area contributed by atoms with Crippen molar-refractivity contribution in [1.82, 2.24) is 9.36 Å². The highest BCUT2D eigenvalue weighted by molar-refractivity contribution is 7.90. The molecule has 164 valence electrons. The summed E-state index contributed by atoms with van der Waals surface area (Å²) in [6.45, 7) is 0.287. The van der Waals surface area contributed by atoms with Gasteiger partial charge in [-0.25, -0.2) is 8.42 Å². The fraction of sp³-hybridized carbons (Fsp3) is 0.100. The van der Waals surface area contributed by atoms with Gasteiger partial charge in [-0.2, -0.15) is 14.6 Å². The van der Waals surface area contributed by atoms with Gasteiger partial charge in [0.05, 0.1) is 10.0 Å². The molecular formula is C20H14Cl2N4O4S2. The lowest BCUT2D eigenvalue weighted by Gasteiger charge is -2.07. The molecule has 1 aromatic heterocycles. The van der Waals surface area contributed by atoms with Gasteiger partial charge in [0.25, 0.3) is 11.1 Å². The summed E-state index contributed by atoms with van der Waals surface area (Å²) in [4.78, 5) is 16.1. The minimum atomic E-state index is -3.59. The number of carbonyl (C=O) groups is 1. The highest BCUT2D eigenvalue weighted by Crippen LogP contribution is 2.24. The Hall–Kier alpha value is -2.97. The second-order valence-corrected chi connectivity index (χ2v) is 9.86. The smallest absolute Gasteiger partial charge is 0.268 e. The Balaban J connectivity index is 1.65. The van der Waals surface area contributed by atoms with Crippen LogP contribution in [0.15, 0.2) is 53.2 Å². The fourth-order valence-corrected chi connectivity index (χ4v) is 4.11. The molecule has 0 aliphatic heterocycles. The molecule has 2 aromatic carbocycles. The first-order valence-electron chi connectivity index (χ1n) is 8.79. The Kier molecular flexibility index (Phi) is 7.48. The summed E-state index contributed by atoms with van der Waals surface area (Å²) >= 11 is 12.6. The predicted molar refractivity (Wildman–Crippen MR) is 122 cm³/mol. The minimum Gasteiger partial charge on any atom is -0.489 e. The van der Waals surface area contributed by atoms with Crippen LogP contribution < -0.4 is 10.1 Å². The molecule has 12 heteroatoms. The van der Waals surface area contributed by atoms with E-state index in [0.29, 0.717) is 32.9 Å². The maximum Gasteiger partial charge on any atom is 0.268 e. The number of nitriles is 1. The Bertz CT molecular complexity index is 1330. The van der Waals surface area contributed by atoms with Crippen LogP contribution >= 0.6 is 34.7 Å². The van der Waals surface area contributed by atoms with Crippen molar-refractivity contribution >= 4 is 61.7 Å². The number of carbonyl (C=O) groups excluding carboxylic acids is 1. The van der Waals surface area contributed by atoms with Crippen molar-refractivity contribution in [1.29, 1.82) is 5.26 Å². The molecule has 1 N–H and O–H groups in total. The van der Waals surface area contributed by atoms with E-state index in [2.05, 4.69) is 14.7 Å². The molecule has 1 amide bonds. The molecule has 3 rings (SSSR count). The van der Waals surface area contributed by atoms with Crippen LogP contribution in [0.2, 0.25) is 10.0 Å². The van der Waals surface area contributed by atoms with Gasteiger partial charge >= 0.3 is 0 Å². The van der Waals surface area contributed by atoms with E-state index in [9.17, 15) is 18.5 Å². The van der Waals surface area contributed by atoms with Crippen LogP contribution in [0, 0.1) is 11.3 Å². The first-order valence-corrected chi connectivity index (χ1v) is 12.2. The van der Waals surface area contributed by atoms with Crippen LogP contribution in [-0.4, -0.2) is 29.9 Å².